The normalized spacial score (nSPS) is 21.1. The molecule has 37 heavy (non-hydrogen) atoms. The third-order valence-electron chi connectivity index (χ3n) is 7.57. The lowest BCUT2D eigenvalue weighted by atomic mass is 9.96. The summed E-state index contributed by atoms with van der Waals surface area (Å²) in [6.45, 7) is 2.73. The average Bonchev–Trinajstić information content (AvgIpc) is 3.69. The van der Waals surface area contributed by atoms with Crippen LogP contribution in [0.25, 0.3) is 17.4 Å². The minimum Gasteiger partial charge on any atom is -0.461 e. The van der Waals surface area contributed by atoms with Crippen molar-refractivity contribution in [1.82, 2.24) is 39.7 Å². The van der Waals surface area contributed by atoms with E-state index in [-0.39, 0.29) is 30.0 Å². The Hall–Kier alpha value is -3.90. The van der Waals surface area contributed by atoms with Crippen LogP contribution in [0.15, 0.2) is 22.8 Å². The van der Waals surface area contributed by atoms with Gasteiger partial charge in [0.2, 0.25) is 23.6 Å². The Morgan fingerprint density at radius 2 is 1.73 bits per heavy atom. The van der Waals surface area contributed by atoms with Gasteiger partial charge in [-0.05, 0) is 37.8 Å². The number of nitrogens with one attached hydrogen (secondary N) is 1. The molecule has 3 aromatic heterocycles. The van der Waals surface area contributed by atoms with Crippen molar-refractivity contribution in [3.63, 3.8) is 0 Å². The van der Waals surface area contributed by atoms with Gasteiger partial charge >= 0.3 is 6.03 Å². The zero-order chi connectivity index (χ0) is 25.4. The molecule has 13 nitrogen and oxygen atoms in total. The highest BCUT2D eigenvalue weighted by Gasteiger charge is 2.37. The molecule has 2 aliphatic heterocycles. The maximum Gasteiger partial charge on any atom is 0.317 e. The van der Waals surface area contributed by atoms with Crippen molar-refractivity contribution < 1.29 is 14.0 Å². The van der Waals surface area contributed by atoms with Crippen LogP contribution in [-0.4, -0.2) is 91.1 Å². The minimum absolute atomic E-state index is 0.0131. The summed E-state index contributed by atoms with van der Waals surface area (Å²) in [7, 11) is 0. The van der Waals surface area contributed by atoms with Gasteiger partial charge in [-0.2, -0.15) is 19.5 Å². The highest BCUT2D eigenvalue weighted by molar-refractivity contribution is 5.86. The molecule has 0 unspecified atom stereocenters. The maximum absolute atomic E-state index is 13.5. The molecule has 1 aliphatic carbocycles. The summed E-state index contributed by atoms with van der Waals surface area (Å²) in [5.41, 5.74) is 6.18. The lowest BCUT2D eigenvalue weighted by Gasteiger charge is -2.38. The van der Waals surface area contributed by atoms with E-state index in [9.17, 15) is 9.59 Å². The summed E-state index contributed by atoms with van der Waals surface area (Å²) >= 11 is 0. The van der Waals surface area contributed by atoms with Crippen LogP contribution >= 0.6 is 0 Å². The highest BCUT2D eigenvalue weighted by Crippen LogP contribution is 2.26. The van der Waals surface area contributed by atoms with Gasteiger partial charge in [0.05, 0.1) is 6.26 Å². The molecular weight excluding hydrogens is 476 g/mol. The summed E-state index contributed by atoms with van der Waals surface area (Å²) in [5, 5.41) is 7.51. The second-order valence-corrected chi connectivity index (χ2v) is 9.95. The molecule has 6 rings (SSSR count). The van der Waals surface area contributed by atoms with Crippen molar-refractivity contribution in [3.8, 4) is 11.6 Å². The largest absolute Gasteiger partial charge is 0.461 e. The molecule has 1 saturated carbocycles. The Balaban J connectivity index is 1.11. The number of piperazine rings is 1. The summed E-state index contributed by atoms with van der Waals surface area (Å²) in [6.07, 6.45) is 8.81. The number of fused-ring (bicyclic) bond motifs is 1. The van der Waals surface area contributed by atoms with Gasteiger partial charge in [0.1, 0.15) is 6.04 Å². The highest BCUT2D eigenvalue weighted by atomic mass is 16.3. The van der Waals surface area contributed by atoms with Crippen LogP contribution in [0, 0.1) is 0 Å². The van der Waals surface area contributed by atoms with E-state index in [2.05, 4.69) is 25.4 Å². The summed E-state index contributed by atoms with van der Waals surface area (Å²) in [4.78, 5) is 45.2. The monoisotopic (exact) mass is 508 g/mol. The van der Waals surface area contributed by atoms with E-state index in [1.54, 1.807) is 18.4 Å². The van der Waals surface area contributed by atoms with E-state index in [1.807, 2.05) is 14.7 Å². The van der Waals surface area contributed by atoms with E-state index in [1.165, 1.54) is 23.8 Å². The number of furan rings is 1. The first-order valence-electron chi connectivity index (χ1n) is 13.1. The van der Waals surface area contributed by atoms with Gasteiger partial charge in [0, 0.05) is 38.8 Å². The average molecular weight is 509 g/mol. The second-order valence-electron chi connectivity index (χ2n) is 9.95. The Labute approximate surface area is 214 Å². The molecule has 0 bridgehead atoms. The predicted octanol–water partition coefficient (Wildman–Crippen LogP) is 1.52. The van der Waals surface area contributed by atoms with E-state index in [0.717, 1.165) is 19.3 Å². The van der Waals surface area contributed by atoms with Crippen LogP contribution in [0.1, 0.15) is 44.9 Å². The fraction of sp³-hybridized carbons (Fsp3) is 0.583. The minimum atomic E-state index is -0.378. The number of aromatic nitrogens is 5. The first kappa shape index (κ1) is 23.5. The van der Waals surface area contributed by atoms with Crippen LogP contribution < -0.4 is 16.0 Å². The quantitative estimate of drug-likeness (QED) is 0.534. The number of nitrogen functional groups attached to an aromatic ring is 1. The molecule has 196 valence electrons. The topological polar surface area (TPSA) is 151 Å². The zero-order valence-electron chi connectivity index (χ0n) is 20.8. The van der Waals surface area contributed by atoms with Gasteiger partial charge < -0.3 is 30.2 Å². The van der Waals surface area contributed by atoms with Gasteiger partial charge in [0.25, 0.3) is 5.78 Å². The third kappa shape index (κ3) is 4.65. The van der Waals surface area contributed by atoms with Crippen molar-refractivity contribution >= 4 is 29.6 Å². The molecule has 2 saturated heterocycles. The molecule has 3 aliphatic rings. The summed E-state index contributed by atoms with van der Waals surface area (Å²) < 4.78 is 6.75. The van der Waals surface area contributed by atoms with E-state index in [4.69, 9.17) is 10.2 Å². The fourth-order valence-electron chi connectivity index (χ4n) is 5.55. The van der Waals surface area contributed by atoms with Crippen molar-refractivity contribution in [2.45, 2.75) is 57.0 Å². The molecular formula is C24H32N10O3. The van der Waals surface area contributed by atoms with E-state index < -0.39 is 0 Å². The molecule has 0 radical (unpaired) electrons. The molecule has 3 aromatic rings. The first-order chi connectivity index (χ1) is 18.1. The van der Waals surface area contributed by atoms with Crippen molar-refractivity contribution in [1.29, 1.82) is 0 Å². The predicted molar refractivity (Wildman–Crippen MR) is 135 cm³/mol. The second kappa shape index (κ2) is 9.87. The van der Waals surface area contributed by atoms with Crippen molar-refractivity contribution in [3.05, 3.63) is 18.4 Å². The van der Waals surface area contributed by atoms with E-state index in [0.29, 0.717) is 62.5 Å². The molecule has 5 heterocycles. The van der Waals surface area contributed by atoms with Crippen molar-refractivity contribution in [2.24, 2.45) is 0 Å². The summed E-state index contributed by atoms with van der Waals surface area (Å²) in [5.74, 6) is 1.70. The molecule has 13 heteroatoms. The number of rotatable bonds is 4. The van der Waals surface area contributed by atoms with Crippen LogP contribution in [0.3, 0.4) is 0 Å². The molecule has 3 N–H and O–H groups in total. The molecule has 3 fully saturated rings. The van der Waals surface area contributed by atoms with Crippen molar-refractivity contribution in [2.75, 3.05) is 43.4 Å². The molecule has 0 aromatic carbocycles. The first-order valence-corrected chi connectivity index (χ1v) is 13.1. The Bertz CT molecular complexity index is 1260. The number of nitrogens with zero attached hydrogens (tertiary/aromatic N) is 8. The summed E-state index contributed by atoms with van der Waals surface area (Å²) in [6, 6.07) is 3.40. The van der Waals surface area contributed by atoms with Crippen LogP contribution in [-0.2, 0) is 4.79 Å². The number of carbonyl (C=O) groups is 2. The number of hydrogen-bond donors (Lipinski definition) is 2. The molecule has 0 spiro atoms. The lowest BCUT2D eigenvalue weighted by Crippen LogP contribution is -2.57. The maximum atomic E-state index is 13.5. The molecule has 1 atom stereocenters. The van der Waals surface area contributed by atoms with Crippen LogP contribution in [0.5, 0.6) is 0 Å². The number of anilines is 2. The number of hydrogen-bond acceptors (Lipinski definition) is 9. The number of carbonyl (C=O) groups excluding carboxylic acids is 2. The lowest BCUT2D eigenvalue weighted by molar-refractivity contribution is -0.133. The fourth-order valence-corrected chi connectivity index (χ4v) is 5.55. The van der Waals surface area contributed by atoms with Crippen LogP contribution in [0.2, 0.25) is 0 Å². The van der Waals surface area contributed by atoms with Gasteiger partial charge in [-0.25, -0.2) is 4.79 Å². The molecule has 3 amide bonds. The van der Waals surface area contributed by atoms with Gasteiger partial charge in [-0.1, -0.05) is 19.3 Å². The number of urea groups is 1. The Morgan fingerprint density at radius 3 is 2.49 bits per heavy atom. The number of nitrogens with two attached hydrogens (primary N) is 1. The van der Waals surface area contributed by atoms with Gasteiger partial charge in [-0.3, -0.25) is 4.79 Å². The SMILES string of the molecule is Nc1nc(N2CCC[C@H]2C(=O)N2CCN(C(=O)NC3CCCCC3)CC2)nc2nc(-c3ccco3)nn12. The Kier molecular flexibility index (Phi) is 6.26. The Morgan fingerprint density at radius 1 is 0.946 bits per heavy atom. The van der Waals surface area contributed by atoms with Gasteiger partial charge in [0.15, 0.2) is 5.76 Å². The van der Waals surface area contributed by atoms with Crippen LogP contribution in [0.4, 0.5) is 16.7 Å². The van der Waals surface area contributed by atoms with E-state index >= 15 is 0 Å². The third-order valence-corrected chi connectivity index (χ3v) is 7.57. The zero-order valence-corrected chi connectivity index (χ0v) is 20.8. The standard InChI is InChI=1S/C24H32N10O3/c25-21-28-22(29-23-27-19(30-34(21)23)18-9-5-15-37-18)33-10-4-8-17(33)20(35)31-11-13-32(14-12-31)24(36)26-16-6-2-1-3-7-16/h5,9,15-17H,1-4,6-8,10-14H2,(H,26,36)(H2,25,27,28,29,30)/t17-/m0/s1. The van der Waals surface area contributed by atoms with Gasteiger partial charge in [-0.15, -0.1) is 5.10 Å². The smallest absolute Gasteiger partial charge is 0.317 e. The number of amides is 3.